The maximum atomic E-state index is 11.8. The van der Waals surface area contributed by atoms with Crippen LogP contribution in [0.1, 0.15) is 53.4 Å². The van der Waals surface area contributed by atoms with E-state index in [0.717, 1.165) is 42.9 Å². The number of rotatable bonds is 15. The molecule has 0 aliphatic carbocycles. The summed E-state index contributed by atoms with van der Waals surface area (Å²) in [5.41, 5.74) is 0. The minimum absolute atomic E-state index is 0.161. The number of hydrogen-bond donors (Lipinski definition) is 1. The van der Waals surface area contributed by atoms with Crippen LogP contribution in [0.3, 0.4) is 0 Å². The van der Waals surface area contributed by atoms with E-state index in [4.69, 9.17) is 26.6 Å². The fourth-order valence-corrected chi connectivity index (χ4v) is 10.9. The van der Waals surface area contributed by atoms with E-state index in [1.807, 2.05) is 6.92 Å². The predicted octanol–water partition coefficient (Wildman–Crippen LogP) is 4.67. The Morgan fingerprint density at radius 1 is 0.970 bits per heavy atom. The highest BCUT2D eigenvalue weighted by molar-refractivity contribution is 8.13. The van der Waals surface area contributed by atoms with Crippen LogP contribution in [0.2, 0.25) is 12.1 Å². The summed E-state index contributed by atoms with van der Waals surface area (Å²) in [5, 5.41) is 0.261. The van der Waals surface area contributed by atoms with Crippen LogP contribution in [-0.4, -0.2) is 73.9 Å². The Labute approximate surface area is 212 Å². The van der Waals surface area contributed by atoms with Gasteiger partial charge in [-0.2, -0.15) is 12.6 Å². The Morgan fingerprint density at radius 3 is 1.91 bits per heavy atom. The summed E-state index contributed by atoms with van der Waals surface area (Å²) in [6.07, 6.45) is 3.30. The average Bonchev–Trinajstić information content (AvgIpc) is 2.81. The van der Waals surface area contributed by atoms with Crippen LogP contribution in [0.4, 0.5) is 0 Å². The van der Waals surface area contributed by atoms with Crippen molar-refractivity contribution in [2.45, 2.75) is 65.5 Å². The van der Waals surface area contributed by atoms with Crippen molar-refractivity contribution in [2.75, 3.05) is 51.1 Å². The lowest BCUT2D eigenvalue weighted by Crippen LogP contribution is -2.53. The zero-order valence-corrected chi connectivity index (χ0v) is 24.6. The molecular formula is C22H44O7S2Si2. The Morgan fingerprint density at radius 2 is 1.45 bits per heavy atom. The van der Waals surface area contributed by atoms with Gasteiger partial charge in [-0.3, -0.25) is 4.79 Å². The van der Waals surface area contributed by atoms with Crippen LogP contribution >= 0.6 is 24.4 Å². The van der Waals surface area contributed by atoms with Gasteiger partial charge in [-0.1, -0.05) is 39.5 Å². The molecule has 2 fully saturated rings. The molecule has 7 nitrogen and oxygen atoms in total. The van der Waals surface area contributed by atoms with Crippen LogP contribution < -0.4 is 0 Å². The van der Waals surface area contributed by atoms with Gasteiger partial charge >= 0.3 is 17.6 Å². The molecule has 33 heavy (non-hydrogen) atoms. The highest BCUT2D eigenvalue weighted by Crippen LogP contribution is 2.28. The molecule has 2 rings (SSSR count). The zero-order chi connectivity index (χ0) is 24.2. The molecule has 1 atom stereocenters. The number of hydrogen-bond acceptors (Lipinski definition) is 9. The molecule has 0 radical (unpaired) electrons. The van der Waals surface area contributed by atoms with Gasteiger partial charge in [0.15, 0.2) is 5.12 Å². The molecule has 0 aromatic rings. The molecule has 0 spiro atoms. The first-order chi connectivity index (χ1) is 15.8. The van der Waals surface area contributed by atoms with Gasteiger partial charge in [-0.15, -0.1) is 0 Å². The number of carbonyl (C=O) groups excluding carboxylic acids is 1. The topological polar surface area (TPSA) is 72.5 Å². The Bertz CT molecular complexity index is 551. The number of carbonyl (C=O) groups is 1. The summed E-state index contributed by atoms with van der Waals surface area (Å²) < 4.78 is 37.2. The molecule has 0 saturated carbocycles. The van der Waals surface area contributed by atoms with Gasteiger partial charge in [0, 0.05) is 81.7 Å². The molecule has 0 aromatic carbocycles. The van der Waals surface area contributed by atoms with Crippen molar-refractivity contribution in [3.8, 4) is 0 Å². The summed E-state index contributed by atoms with van der Waals surface area (Å²) in [4.78, 5) is 11.8. The molecule has 0 N–H and O–H groups in total. The first kappa shape index (κ1) is 29.8. The maximum absolute atomic E-state index is 11.8. The first-order valence-corrected chi connectivity index (χ1v) is 17.9. The second-order valence-corrected chi connectivity index (χ2v) is 16.5. The predicted molar refractivity (Wildman–Crippen MR) is 140 cm³/mol. The van der Waals surface area contributed by atoms with E-state index in [1.54, 1.807) is 0 Å². The van der Waals surface area contributed by atoms with Crippen molar-refractivity contribution >= 4 is 47.1 Å². The third-order valence-corrected chi connectivity index (χ3v) is 12.4. The van der Waals surface area contributed by atoms with Crippen LogP contribution in [-0.2, 0) is 31.4 Å². The Hall–Kier alpha value is 0.564. The Kier molecular flexibility index (Phi) is 14.1. The molecule has 194 valence electrons. The highest BCUT2D eigenvalue weighted by Gasteiger charge is 2.46. The summed E-state index contributed by atoms with van der Waals surface area (Å²) in [7, 11) is -5.38. The monoisotopic (exact) mass is 540 g/mol. The molecule has 0 amide bonds. The molecular weight excluding hydrogens is 497 g/mol. The minimum atomic E-state index is -2.74. The van der Waals surface area contributed by atoms with E-state index in [0.29, 0.717) is 57.9 Å². The van der Waals surface area contributed by atoms with Gasteiger partial charge in [0.1, 0.15) is 0 Å². The molecule has 2 aliphatic heterocycles. The van der Waals surface area contributed by atoms with Crippen LogP contribution in [0.15, 0.2) is 0 Å². The van der Waals surface area contributed by atoms with E-state index in [2.05, 4.69) is 33.4 Å². The highest BCUT2D eigenvalue weighted by atomic mass is 32.2. The SMILES string of the molecule is CCCC(=O)SCCC[Si]1(OCC(C)CO[Si]2(CCCS)OCC(C)CO2)OCC(C)CO1. The molecule has 11 heteroatoms. The molecule has 0 aromatic heterocycles. The van der Waals surface area contributed by atoms with Crippen LogP contribution in [0.25, 0.3) is 0 Å². The average molecular weight is 541 g/mol. The van der Waals surface area contributed by atoms with Crippen molar-refractivity contribution in [1.82, 2.24) is 0 Å². The lowest BCUT2D eigenvalue weighted by molar-refractivity contribution is -0.111. The first-order valence-electron chi connectivity index (χ1n) is 12.4. The second-order valence-electron chi connectivity index (χ2n) is 9.45. The lowest BCUT2D eigenvalue weighted by atomic mass is 10.2. The van der Waals surface area contributed by atoms with Crippen LogP contribution in [0, 0.1) is 17.8 Å². The van der Waals surface area contributed by atoms with Crippen molar-refractivity contribution in [3.05, 3.63) is 0 Å². The molecule has 2 heterocycles. The summed E-state index contributed by atoms with van der Waals surface area (Å²) in [6.45, 7) is 12.1. The van der Waals surface area contributed by atoms with E-state index < -0.39 is 17.6 Å². The quantitative estimate of drug-likeness (QED) is 0.183. The fraction of sp³-hybridized carbons (Fsp3) is 0.955. The van der Waals surface area contributed by atoms with Gasteiger partial charge in [-0.05, 0) is 25.0 Å². The number of thioether (sulfide) groups is 1. The van der Waals surface area contributed by atoms with Crippen molar-refractivity contribution in [3.63, 3.8) is 0 Å². The lowest BCUT2D eigenvalue weighted by Gasteiger charge is -2.38. The third kappa shape index (κ3) is 11.0. The summed E-state index contributed by atoms with van der Waals surface area (Å²) in [5.74, 6) is 2.51. The maximum Gasteiger partial charge on any atom is 0.501 e. The fourth-order valence-electron chi connectivity index (χ4n) is 3.49. The summed E-state index contributed by atoms with van der Waals surface area (Å²) in [6, 6.07) is 1.54. The molecule has 0 bridgehead atoms. The van der Waals surface area contributed by atoms with Gasteiger partial charge in [0.25, 0.3) is 0 Å². The van der Waals surface area contributed by atoms with Crippen molar-refractivity contribution < 1.29 is 31.4 Å². The van der Waals surface area contributed by atoms with Gasteiger partial charge < -0.3 is 26.6 Å². The standard InChI is InChI=1S/C22H44O7S2Si2/c1-5-8-22(23)31-10-7-12-33(28-17-21(4)18-29-33)27-16-20(3)15-26-32(11-6-9-30)24-13-19(2)14-25-32/h19-21,30H,5-18H2,1-4H3. The number of thiol groups is 1. The molecule has 2 aliphatic rings. The van der Waals surface area contributed by atoms with Gasteiger partial charge in [-0.25, -0.2) is 0 Å². The Balaban J connectivity index is 1.82. The van der Waals surface area contributed by atoms with E-state index in [1.165, 1.54) is 11.8 Å². The molecule has 1 unspecified atom stereocenters. The van der Waals surface area contributed by atoms with Gasteiger partial charge in [0.05, 0.1) is 0 Å². The minimum Gasteiger partial charge on any atom is -0.373 e. The third-order valence-electron chi connectivity index (χ3n) is 5.51. The van der Waals surface area contributed by atoms with E-state index >= 15 is 0 Å². The largest absolute Gasteiger partial charge is 0.501 e. The van der Waals surface area contributed by atoms with Crippen molar-refractivity contribution in [2.24, 2.45) is 17.8 Å². The van der Waals surface area contributed by atoms with Crippen LogP contribution in [0.5, 0.6) is 0 Å². The zero-order valence-electron chi connectivity index (χ0n) is 20.8. The van der Waals surface area contributed by atoms with Gasteiger partial charge in [0.2, 0.25) is 0 Å². The molecule has 2 saturated heterocycles. The summed E-state index contributed by atoms with van der Waals surface area (Å²) >= 11 is 5.75. The van der Waals surface area contributed by atoms with E-state index in [-0.39, 0.29) is 11.0 Å². The smallest absolute Gasteiger partial charge is 0.373 e. The second kappa shape index (κ2) is 15.6. The van der Waals surface area contributed by atoms with Crippen molar-refractivity contribution in [1.29, 1.82) is 0 Å². The van der Waals surface area contributed by atoms with E-state index in [9.17, 15) is 4.79 Å². The normalized spacial score (nSPS) is 31.4.